The van der Waals surface area contributed by atoms with Crippen LogP contribution in [0.25, 0.3) is 0 Å². The normalized spacial score (nSPS) is 11.9. The zero-order chi connectivity index (χ0) is 14.2. The van der Waals surface area contributed by atoms with Crippen LogP contribution in [0.15, 0.2) is 17.4 Å². The number of nitrogen functional groups attached to an aromatic ring is 1. The van der Waals surface area contributed by atoms with E-state index in [0.717, 1.165) is 0 Å². The minimum atomic E-state index is -3.76. The number of aromatic nitrogens is 4. The van der Waals surface area contributed by atoms with Crippen molar-refractivity contribution < 1.29 is 8.42 Å². The third kappa shape index (κ3) is 2.57. The van der Waals surface area contributed by atoms with Crippen molar-refractivity contribution in [3.63, 3.8) is 0 Å². The van der Waals surface area contributed by atoms with Crippen LogP contribution in [-0.4, -0.2) is 28.0 Å². The molecule has 0 aromatic carbocycles. The second kappa shape index (κ2) is 4.83. The third-order valence-corrected chi connectivity index (χ3v) is 4.52. The molecule has 104 valence electrons. The van der Waals surface area contributed by atoms with Crippen LogP contribution in [0, 0.1) is 0 Å². The highest BCUT2D eigenvalue weighted by atomic mass is 35.5. The number of anilines is 1. The van der Waals surface area contributed by atoms with Gasteiger partial charge in [-0.05, 0) is 0 Å². The highest BCUT2D eigenvalue weighted by Crippen LogP contribution is 2.20. The Morgan fingerprint density at radius 2 is 1.95 bits per heavy atom. The van der Waals surface area contributed by atoms with Crippen LogP contribution in [0.5, 0.6) is 0 Å². The number of aryl methyl sites for hydroxylation is 2. The summed E-state index contributed by atoms with van der Waals surface area (Å²) in [5.74, 6) is 0.402. The average Bonchev–Trinajstić information content (AvgIpc) is 2.82. The highest BCUT2D eigenvalue weighted by molar-refractivity contribution is 7.89. The Morgan fingerprint density at radius 1 is 1.32 bits per heavy atom. The highest BCUT2D eigenvalue weighted by Gasteiger charge is 2.22. The first-order valence-electron chi connectivity index (χ1n) is 5.26. The van der Waals surface area contributed by atoms with Gasteiger partial charge in [0.15, 0.2) is 5.03 Å². The predicted octanol–water partition coefficient (Wildman–Crippen LogP) is -0.132. The van der Waals surface area contributed by atoms with Gasteiger partial charge in [-0.15, -0.1) is 0 Å². The fourth-order valence-electron chi connectivity index (χ4n) is 1.57. The second-order valence-corrected chi connectivity index (χ2v) is 6.01. The van der Waals surface area contributed by atoms with Gasteiger partial charge >= 0.3 is 0 Å². The lowest BCUT2D eigenvalue weighted by Crippen LogP contribution is -2.26. The van der Waals surface area contributed by atoms with Gasteiger partial charge in [-0.3, -0.25) is 9.36 Å². The third-order valence-electron chi connectivity index (χ3n) is 2.61. The molecular formula is C9H13ClN6O2S. The summed E-state index contributed by atoms with van der Waals surface area (Å²) in [6, 6.07) is 0. The van der Waals surface area contributed by atoms with Gasteiger partial charge in [0.1, 0.15) is 5.82 Å². The van der Waals surface area contributed by atoms with E-state index in [1.54, 1.807) is 7.05 Å². The SMILES string of the molecule is Cn1ncc(CNS(=O)(=O)c2c(Cl)cnn2C)c1N. The lowest BCUT2D eigenvalue weighted by atomic mass is 10.3. The number of hydrogen-bond acceptors (Lipinski definition) is 5. The van der Waals surface area contributed by atoms with Gasteiger partial charge in [-0.25, -0.2) is 13.1 Å². The first kappa shape index (κ1) is 13.8. The van der Waals surface area contributed by atoms with Crippen molar-refractivity contribution in [1.82, 2.24) is 24.3 Å². The molecule has 8 nitrogen and oxygen atoms in total. The molecule has 0 unspecified atom stereocenters. The van der Waals surface area contributed by atoms with E-state index in [0.29, 0.717) is 11.4 Å². The molecule has 0 atom stereocenters. The van der Waals surface area contributed by atoms with Crippen molar-refractivity contribution in [2.45, 2.75) is 11.6 Å². The van der Waals surface area contributed by atoms with E-state index in [1.165, 1.54) is 28.8 Å². The summed E-state index contributed by atoms with van der Waals surface area (Å²) in [5, 5.41) is 7.69. The van der Waals surface area contributed by atoms with Crippen LogP contribution < -0.4 is 10.5 Å². The van der Waals surface area contributed by atoms with Gasteiger partial charge in [0.25, 0.3) is 10.0 Å². The van der Waals surface area contributed by atoms with E-state index in [4.69, 9.17) is 17.3 Å². The monoisotopic (exact) mass is 304 g/mol. The largest absolute Gasteiger partial charge is 0.384 e. The summed E-state index contributed by atoms with van der Waals surface area (Å²) in [6.45, 7) is 0.0313. The van der Waals surface area contributed by atoms with Crippen LogP contribution in [0.3, 0.4) is 0 Å². The van der Waals surface area contributed by atoms with Crippen molar-refractivity contribution in [2.24, 2.45) is 14.1 Å². The van der Waals surface area contributed by atoms with Crippen molar-refractivity contribution >= 4 is 27.4 Å². The summed E-state index contributed by atoms with van der Waals surface area (Å²) in [6.07, 6.45) is 2.78. The molecule has 0 aliphatic heterocycles. The van der Waals surface area contributed by atoms with E-state index in [9.17, 15) is 8.42 Å². The van der Waals surface area contributed by atoms with Gasteiger partial charge in [0, 0.05) is 26.2 Å². The molecule has 0 aliphatic carbocycles. The Balaban J connectivity index is 2.22. The second-order valence-electron chi connectivity index (χ2n) is 3.92. The van der Waals surface area contributed by atoms with E-state index in [2.05, 4.69) is 14.9 Å². The smallest absolute Gasteiger partial charge is 0.259 e. The summed E-state index contributed by atoms with van der Waals surface area (Å²) in [5.41, 5.74) is 6.32. The van der Waals surface area contributed by atoms with Crippen LogP contribution in [0.1, 0.15) is 5.56 Å². The molecule has 0 fully saturated rings. The molecule has 0 saturated carbocycles. The summed E-state index contributed by atoms with van der Waals surface area (Å²) < 4.78 is 29.3. The molecule has 0 spiro atoms. The predicted molar refractivity (Wildman–Crippen MR) is 69.9 cm³/mol. The van der Waals surface area contributed by atoms with Crippen LogP contribution in [0.4, 0.5) is 5.82 Å². The van der Waals surface area contributed by atoms with Crippen molar-refractivity contribution in [2.75, 3.05) is 5.73 Å². The first-order valence-corrected chi connectivity index (χ1v) is 7.12. The van der Waals surface area contributed by atoms with Crippen molar-refractivity contribution in [1.29, 1.82) is 0 Å². The first-order chi connectivity index (χ1) is 8.83. The number of rotatable bonds is 4. The van der Waals surface area contributed by atoms with Gasteiger partial charge in [0.2, 0.25) is 0 Å². The molecule has 0 saturated heterocycles. The topological polar surface area (TPSA) is 108 Å². The number of halogens is 1. The molecule has 2 rings (SSSR count). The molecular weight excluding hydrogens is 292 g/mol. The maximum absolute atomic E-state index is 12.1. The van der Waals surface area contributed by atoms with Crippen LogP contribution in [-0.2, 0) is 30.7 Å². The van der Waals surface area contributed by atoms with Crippen LogP contribution in [0.2, 0.25) is 5.02 Å². The number of sulfonamides is 1. The molecule has 3 N–H and O–H groups in total. The molecule has 0 aliphatic rings. The summed E-state index contributed by atoms with van der Waals surface area (Å²) >= 11 is 5.80. The lowest BCUT2D eigenvalue weighted by Gasteiger charge is -2.07. The standard InChI is InChI=1S/C9H13ClN6O2S/c1-15-8(11)6(3-12-15)4-14-19(17,18)9-7(10)5-13-16(9)2/h3,5,14H,4,11H2,1-2H3. The van der Waals surface area contributed by atoms with Crippen molar-refractivity contribution in [3.8, 4) is 0 Å². The molecule has 0 bridgehead atoms. The van der Waals surface area contributed by atoms with E-state index in [1.807, 2.05) is 0 Å². The lowest BCUT2D eigenvalue weighted by molar-refractivity contribution is 0.563. The molecule has 2 heterocycles. The number of nitrogens with one attached hydrogen (secondary N) is 1. The average molecular weight is 305 g/mol. The van der Waals surface area contributed by atoms with Crippen molar-refractivity contribution in [3.05, 3.63) is 23.0 Å². The van der Waals surface area contributed by atoms with E-state index < -0.39 is 10.0 Å². The minimum absolute atomic E-state index is 0.0313. The van der Waals surface area contributed by atoms with E-state index >= 15 is 0 Å². The Morgan fingerprint density at radius 3 is 2.42 bits per heavy atom. The quantitative estimate of drug-likeness (QED) is 0.818. The number of hydrogen-bond donors (Lipinski definition) is 2. The maximum atomic E-state index is 12.1. The van der Waals surface area contributed by atoms with Gasteiger partial charge in [-0.2, -0.15) is 10.2 Å². The number of nitrogens with zero attached hydrogens (tertiary/aromatic N) is 4. The van der Waals surface area contributed by atoms with Gasteiger partial charge < -0.3 is 5.73 Å². The molecule has 2 aromatic heterocycles. The number of nitrogens with two attached hydrogens (primary N) is 1. The van der Waals surface area contributed by atoms with E-state index in [-0.39, 0.29) is 16.6 Å². The Bertz CT molecular complexity index is 685. The molecule has 19 heavy (non-hydrogen) atoms. The molecule has 10 heteroatoms. The zero-order valence-electron chi connectivity index (χ0n) is 10.3. The zero-order valence-corrected chi connectivity index (χ0v) is 11.9. The van der Waals surface area contributed by atoms with Crippen LogP contribution >= 0.6 is 11.6 Å². The molecule has 2 aromatic rings. The molecule has 0 radical (unpaired) electrons. The minimum Gasteiger partial charge on any atom is -0.384 e. The fraction of sp³-hybridized carbons (Fsp3) is 0.333. The summed E-state index contributed by atoms with van der Waals surface area (Å²) in [7, 11) is -0.587. The summed E-state index contributed by atoms with van der Waals surface area (Å²) in [4.78, 5) is 0. The van der Waals surface area contributed by atoms with Gasteiger partial charge in [-0.1, -0.05) is 11.6 Å². The maximum Gasteiger partial charge on any atom is 0.259 e. The Hall–Kier alpha value is -1.58. The Labute approximate surface area is 115 Å². The fourth-order valence-corrected chi connectivity index (χ4v) is 3.23. The van der Waals surface area contributed by atoms with Gasteiger partial charge in [0.05, 0.1) is 17.4 Å². The Kier molecular flexibility index (Phi) is 3.52. The molecule has 0 amide bonds.